The smallest absolute Gasteiger partial charge is 0.248 e. The lowest BCUT2D eigenvalue weighted by atomic mass is 10.00. The average molecular weight is 360 g/mol. The molecule has 2 heterocycles. The first-order chi connectivity index (χ1) is 11.6. The molecule has 3 amide bonds. The van der Waals surface area contributed by atoms with Crippen molar-refractivity contribution in [3.63, 3.8) is 0 Å². The van der Waals surface area contributed by atoms with E-state index in [9.17, 15) is 14.4 Å². The van der Waals surface area contributed by atoms with Crippen molar-refractivity contribution in [2.75, 3.05) is 5.32 Å². The molecule has 132 valence electrons. The van der Waals surface area contributed by atoms with Crippen molar-refractivity contribution in [2.24, 2.45) is 0 Å². The zero-order valence-corrected chi connectivity index (χ0v) is 15.4. The van der Waals surface area contributed by atoms with E-state index in [0.29, 0.717) is 5.69 Å². The highest BCUT2D eigenvalue weighted by Crippen LogP contribution is 2.33. The fourth-order valence-electron chi connectivity index (χ4n) is 3.10. The minimum absolute atomic E-state index is 0.0100. The topological polar surface area (TPSA) is 81.8 Å². The number of amides is 3. The van der Waals surface area contributed by atoms with Gasteiger partial charge in [-0.3, -0.25) is 19.7 Å². The van der Waals surface area contributed by atoms with Crippen LogP contribution in [0.25, 0.3) is 0 Å². The van der Waals surface area contributed by atoms with Crippen LogP contribution in [0.1, 0.15) is 31.4 Å². The molecular formula is C17H20N4O3S. The Morgan fingerprint density at radius 1 is 1.28 bits per heavy atom. The SMILES string of the molecule is Cc1ccc(NC(=O)[C@@H]2CC(=O)N3C(=S)NC(=O)C(C)(C)N23)cc1C. The summed E-state index contributed by atoms with van der Waals surface area (Å²) in [4.78, 5) is 37.4. The molecule has 1 aromatic rings. The molecule has 0 unspecified atom stereocenters. The molecule has 2 N–H and O–H groups in total. The van der Waals surface area contributed by atoms with Gasteiger partial charge < -0.3 is 5.32 Å². The zero-order chi connectivity index (χ0) is 18.5. The van der Waals surface area contributed by atoms with Gasteiger partial charge in [0, 0.05) is 5.69 Å². The van der Waals surface area contributed by atoms with Gasteiger partial charge in [-0.1, -0.05) is 6.07 Å². The fourth-order valence-corrected chi connectivity index (χ4v) is 3.39. The maximum absolute atomic E-state index is 12.8. The van der Waals surface area contributed by atoms with Crippen LogP contribution in [-0.2, 0) is 14.4 Å². The molecule has 7 nitrogen and oxygen atoms in total. The predicted octanol–water partition coefficient (Wildman–Crippen LogP) is 1.25. The first kappa shape index (κ1) is 17.5. The molecular weight excluding hydrogens is 340 g/mol. The lowest BCUT2D eigenvalue weighted by Gasteiger charge is -2.45. The summed E-state index contributed by atoms with van der Waals surface area (Å²) < 4.78 is 0. The number of rotatable bonds is 2. The van der Waals surface area contributed by atoms with Gasteiger partial charge in [-0.2, -0.15) is 5.01 Å². The van der Waals surface area contributed by atoms with E-state index in [1.54, 1.807) is 13.8 Å². The first-order valence-corrected chi connectivity index (χ1v) is 8.39. The van der Waals surface area contributed by atoms with E-state index in [0.717, 1.165) is 11.1 Å². The fraction of sp³-hybridized carbons (Fsp3) is 0.412. The van der Waals surface area contributed by atoms with Gasteiger partial charge in [-0.05, 0) is 63.2 Å². The van der Waals surface area contributed by atoms with E-state index in [1.165, 1.54) is 10.0 Å². The van der Waals surface area contributed by atoms with E-state index in [1.807, 2.05) is 32.0 Å². The second-order valence-electron chi connectivity index (χ2n) is 6.88. The van der Waals surface area contributed by atoms with Crippen LogP contribution in [0.4, 0.5) is 5.69 Å². The molecule has 0 aliphatic carbocycles. The minimum atomic E-state index is -1.07. The lowest BCUT2D eigenvalue weighted by molar-refractivity contribution is -0.154. The summed E-state index contributed by atoms with van der Waals surface area (Å²) in [7, 11) is 0. The van der Waals surface area contributed by atoms with Crippen LogP contribution in [-0.4, -0.2) is 44.4 Å². The number of thiocarbonyl (C=S) groups is 1. The molecule has 0 saturated carbocycles. The zero-order valence-electron chi connectivity index (χ0n) is 14.5. The number of nitrogens with one attached hydrogen (secondary N) is 2. The summed E-state index contributed by atoms with van der Waals surface area (Å²) in [5.41, 5.74) is 1.76. The van der Waals surface area contributed by atoms with Crippen molar-refractivity contribution in [1.82, 2.24) is 15.3 Å². The molecule has 2 aliphatic heterocycles. The summed E-state index contributed by atoms with van der Waals surface area (Å²) in [6.07, 6.45) is -0.0325. The van der Waals surface area contributed by atoms with Crippen LogP contribution in [0.5, 0.6) is 0 Å². The van der Waals surface area contributed by atoms with E-state index in [4.69, 9.17) is 12.2 Å². The maximum Gasteiger partial charge on any atom is 0.248 e. The molecule has 2 saturated heterocycles. The van der Waals surface area contributed by atoms with Crippen molar-refractivity contribution >= 4 is 40.7 Å². The van der Waals surface area contributed by atoms with Crippen LogP contribution in [0, 0.1) is 13.8 Å². The molecule has 0 radical (unpaired) electrons. The number of hydrogen-bond donors (Lipinski definition) is 2. The Balaban J connectivity index is 1.89. The number of hydrogen-bond acceptors (Lipinski definition) is 5. The quantitative estimate of drug-likeness (QED) is 0.776. The van der Waals surface area contributed by atoms with Gasteiger partial charge in [-0.15, -0.1) is 0 Å². The van der Waals surface area contributed by atoms with Gasteiger partial charge in [-0.25, -0.2) is 5.01 Å². The highest BCUT2D eigenvalue weighted by Gasteiger charge is 2.56. The second kappa shape index (κ2) is 5.89. The van der Waals surface area contributed by atoms with Gasteiger partial charge >= 0.3 is 0 Å². The monoisotopic (exact) mass is 360 g/mol. The lowest BCUT2D eigenvalue weighted by Crippen LogP contribution is -2.71. The second-order valence-corrected chi connectivity index (χ2v) is 7.26. The van der Waals surface area contributed by atoms with Crippen LogP contribution < -0.4 is 10.6 Å². The van der Waals surface area contributed by atoms with Gasteiger partial charge in [0.05, 0.1) is 6.42 Å². The number of anilines is 1. The Labute approximate surface area is 151 Å². The molecule has 25 heavy (non-hydrogen) atoms. The van der Waals surface area contributed by atoms with Crippen molar-refractivity contribution in [2.45, 2.75) is 45.7 Å². The molecule has 3 rings (SSSR count). The first-order valence-electron chi connectivity index (χ1n) is 7.98. The Hall–Kier alpha value is -2.32. The van der Waals surface area contributed by atoms with E-state index in [-0.39, 0.29) is 29.3 Å². The van der Waals surface area contributed by atoms with Crippen molar-refractivity contribution in [3.8, 4) is 0 Å². The molecule has 2 aliphatic rings. The van der Waals surface area contributed by atoms with Gasteiger partial charge in [0.25, 0.3) is 0 Å². The van der Waals surface area contributed by atoms with Gasteiger partial charge in [0.1, 0.15) is 11.6 Å². The highest BCUT2D eigenvalue weighted by atomic mass is 32.1. The number of fused-ring (bicyclic) bond motifs is 1. The molecule has 0 bridgehead atoms. The van der Waals surface area contributed by atoms with Crippen LogP contribution in [0.15, 0.2) is 18.2 Å². The standard InChI is InChI=1S/C17H20N4O3S/c1-9-5-6-11(7-10(9)2)18-14(23)12-8-13(22)20-16(25)19-15(24)17(3,4)21(12)20/h5-7,12H,8H2,1-4H3,(H,18,23)(H,19,24,25)/t12-/m0/s1. The minimum Gasteiger partial charge on any atom is -0.325 e. The largest absolute Gasteiger partial charge is 0.325 e. The summed E-state index contributed by atoms with van der Waals surface area (Å²) in [5, 5.41) is 8.07. The summed E-state index contributed by atoms with van der Waals surface area (Å²) in [6, 6.07) is 4.81. The molecule has 2 fully saturated rings. The molecule has 0 aromatic heterocycles. The summed E-state index contributed by atoms with van der Waals surface area (Å²) >= 11 is 5.10. The van der Waals surface area contributed by atoms with Crippen LogP contribution in [0.2, 0.25) is 0 Å². The number of nitrogens with zero attached hydrogens (tertiary/aromatic N) is 2. The number of carbonyl (C=O) groups is 3. The third-order valence-electron chi connectivity index (χ3n) is 4.73. The Kier molecular flexibility index (Phi) is 4.12. The van der Waals surface area contributed by atoms with Crippen molar-refractivity contribution < 1.29 is 14.4 Å². The summed E-state index contributed by atoms with van der Waals surface area (Å²) in [6.45, 7) is 7.27. The highest BCUT2D eigenvalue weighted by molar-refractivity contribution is 7.80. The third kappa shape index (κ3) is 2.81. The van der Waals surface area contributed by atoms with Crippen molar-refractivity contribution in [3.05, 3.63) is 29.3 Å². The Morgan fingerprint density at radius 3 is 2.60 bits per heavy atom. The number of carbonyl (C=O) groups excluding carboxylic acids is 3. The van der Waals surface area contributed by atoms with Gasteiger partial charge in [0.15, 0.2) is 5.11 Å². The number of hydrazine groups is 1. The molecule has 0 spiro atoms. The third-order valence-corrected chi connectivity index (χ3v) is 5.01. The van der Waals surface area contributed by atoms with E-state index in [2.05, 4.69) is 10.6 Å². The normalized spacial score (nSPS) is 22.6. The van der Waals surface area contributed by atoms with E-state index >= 15 is 0 Å². The van der Waals surface area contributed by atoms with Crippen molar-refractivity contribution in [1.29, 1.82) is 0 Å². The molecule has 8 heteroatoms. The average Bonchev–Trinajstić information content (AvgIpc) is 2.88. The van der Waals surface area contributed by atoms with Crippen LogP contribution >= 0.6 is 12.2 Å². The molecule has 1 aromatic carbocycles. The Bertz CT molecular complexity index is 805. The summed E-state index contributed by atoms with van der Waals surface area (Å²) in [5.74, 6) is -0.990. The number of benzene rings is 1. The van der Waals surface area contributed by atoms with Crippen LogP contribution in [0.3, 0.4) is 0 Å². The molecule has 1 atom stereocenters. The maximum atomic E-state index is 12.8. The number of aryl methyl sites for hydroxylation is 2. The Morgan fingerprint density at radius 2 is 1.96 bits per heavy atom. The predicted molar refractivity (Wildman–Crippen MR) is 96.5 cm³/mol. The van der Waals surface area contributed by atoms with Gasteiger partial charge in [0.2, 0.25) is 17.7 Å². The van der Waals surface area contributed by atoms with E-state index < -0.39 is 11.6 Å².